The van der Waals surface area contributed by atoms with Gasteiger partial charge in [0.1, 0.15) is 73.2 Å². The van der Waals surface area contributed by atoms with Crippen molar-refractivity contribution in [1.82, 2.24) is 5.32 Å². The zero-order chi connectivity index (χ0) is 77.4. The van der Waals surface area contributed by atoms with Gasteiger partial charge in [-0.05, 0) is 103 Å². The van der Waals surface area contributed by atoms with Crippen molar-refractivity contribution >= 4 is 5.91 Å². The maximum absolute atomic E-state index is 13.5. The van der Waals surface area contributed by atoms with Gasteiger partial charge in [0.2, 0.25) is 5.91 Å². The number of carbonyl (C=O) groups excluding carboxylic acids is 1. The van der Waals surface area contributed by atoms with E-state index in [0.29, 0.717) is 12.8 Å². The number of allylic oxidation sites excluding steroid dienone is 19. The van der Waals surface area contributed by atoms with Crippen molar-refractivity contribution in [1.29, 1.82) is 0 Å². The average Bonchev–Trinajstić information content (AvgIpc) is 0.781. The first-order valence-corrected chi connectivity index (χ1v) is 42.3. The normalized spacial score (nSPS) is 26.2. The summed E-state index contributed by atoms with van der Waals surface area (Å²) in [6.45, 7) is 1.62. The molecule has 3 saturated heterocycles. The predicted molar refractivity (Wildman–Crippen MR) is 429 cm³/mol. The van der Waals surface area contributed by atoms with Crippen molar-refractivity contribution in [3.63, 3.8) is 0 Å². The molecule has 17 atom stereocenters. The molecule has 0 spiro atoms. The fourth-order valence-electron chi connectivity index (χ4n) is 13.5. The molecule has 107 heavy (non-hydrogen) atoms. The number of unbranched alkanes of at least 4 members (excludes halogenated alkanes) is 32. The molecule has 0 aromatic carbocycles. The molecule has 12 N–H and O–H groups in total. The molecule has 17 unspecified atom stereocenters. The van der Waals surface area contributed by atoms with E-state index in [1.54, 1.807) is 6.08 Å². The first-order chi connectivity index (χ1) is 52.3. The van der Waals surface area contributed by atoms with Crippen LogP contribution in [0.2, 0.25) is 0 Å². The highest BCUT2D eigenvalue weighted by atomic mass is 16.8. The SMILES string of the molecule is CC/C=C\C/C=C\C/C=C\C/C=C\C/C=C\C/C=C\C/C=C\CCCCCCCCCCCCCCCCCC(=O)NC(COC1OC(CO)C(OC2OC(CO)C(OC3OC(CO)C(O)C(O)C3O)C(O)C2O)C(O)C1O)C(O)/C=C/CC/C=C/CC/C=C/CCCCCCCCCCCCCCCCC. The van der Waals surface area contributed by atoms with E-state index in [4.69, 9.17) is 28.4 Å². The maximum Gasteiger partial charge on any atom is 0.220 e. The van der Waals surface area contributed by atoms with Gasteiger partial charge in [-0.3, -0.25) is 4.79 Å². The van der Waals surface area contributed by atoms with Gasteiger partial charge in [-0.15, -0.1) is 0 Å². The molecule has 616 valence electrons. The second-order valence-electron chi connectivity index (χ2n) is 29.5. The molecule has 0 radical (unpaired) electrons. The summed E-state index contributed by atoms with van der Waals surface area (Å²) in [5.41, 5.74) is 0. The number of hydrogen-bond acceptors (Lipinski definition) is 18. The molecule has 3 heterocycles. The number of amides is 1. The van der Waals surface area contributed by atoms with Crippen LogP contribution in [0.1, 0.15) is 296 Å². The van der Waals surface area contributed by atoms with Gasteiger partial charge >= 0.3 is 0 Å². The van der Waals surface area contributed by atoms with Crippen LogP contribution < -0.4 is 5.32 Å². The Bertz CT molecular complexity index is 2410. The Morgan fingerprint density at radius 1 is 0.346 bits per heavy atom. The van der Waals surface area contributed by atoms with Crippen LogP contribution in [-0.2, 0) is 33.2 Å². The minimum absolute atomic E-state index is 0.226. The lowest BCUT2D eigenvalue weighted by Gasteiger charge is -2.48. The highest BCUT2D eigenvalue weighted by Gasteiger charge is 2.54. The minimum Gasteiger partial charge on any atom is -0.394 e. The van der Waals surface area contributed by atoms with Gasteiger partial charge in [0.25, 0.3) is 0 Å². The number of rotatable bonds is 66. The number of hydrogen-bond donors (Lipinski definition) is 12. The summed E-state index contributed by atoms with van der Waals surface area (Å²) in [5, 5.41) is 121. The molecule has 0 aliphatic carbocycles. The summed E-state index contributed by atoms with van der Waals surface area (Å²) in [7, 11) is 0. The van der Waals surface area contributed by atoms with E-state index in [0.717, 1.165) is 103 Å². The molecule has 3 rings (SSSR count). The average molecular weight is 1510 g/mol. The van der Waals surface area contributed by atoms with Crippen molar-refractivity contribution in [2.45, 2.75) is 401 Å². The van der Waals surface area contributed by atoms with Gasteiger partial charge in [0.15, 0.2) is 18.9 Å². The van der Waals surface area contributed by atoms with Gasteiger partial charge in [0, 0.05) is 6.42 Å². The Kier molecular flexibility index (Phi) is 60.8. The Morgan fingerprint density at radius 3 is 1.05 bits per heavy atom. The monoisotopic (exact) mass is 1510 g/mol. The molecule has 0 bridgehead atoms. The molecule has 19 nitrogen and oxygen atoms in total. The van der Waals surface area contributed by atoms with Crippen LogP contribution in [0.5, 0.6) is 0 Å². The van der Waals surface area contributed by atoms with Gasteiger partial charge in [0.05, 0.1) is 38.6 Å². The summed E-state index contributed by atoms with van der Waals surface area (Å²) in [4.78, 5) is 13.5. The molecule has 0 aromatic rings. The van der Waals surface area contributed by atoms with Gasteiger partial charge in [-0.1, -0.05) is 309 Å². The Balaban J connectivity index is 1.36. The third kappa shape index (κ3) is 46.1. The fraction of sp³-hybridized carbons (Fsp3) is 0.761. The molecule has 3 aliphatic rings. The lowest BCUT2D eigenvalue weighted by atomic mass is 9.96. The third-order valence-corrected chi connectivity index (χ3v) is 20.2. The van der Waals surface area contributed by atoms with Crippen LogP contribution in [-0.4, -0.2) is 193 Å². The summed E-state index contributed by atoms with van der Waals surface area (Å²) < 4.78 is 34.4. The van der Waals surface area contributed by atoms with E-state index in [1.807, 2.05) is 6.08 Å². The standard InChI is InChI=1S/C88H151NO18/c1-3-5-7-9-11-13-15-17-19-21-23-25-27-29-30-31-32-33-34-35-36-37-38-39-40-42-44-46-48-50-52-54-56-58-60-62-64-66-76(94)89-71(72(93)65-63-61-59-57-55-53-51-49-47-45-43-41-28-26-24-22-20-18-16-14-12-10-8-6-4-2)70-102-86-82(100)79(97)84(74(68-91)104-86)107-88-83(101)80(98)85(75(69-92)105-88)106-87-81(99)78(96)77(95)73(67-90)103-87/h5,7,11,13,17,19,23,25,29-30,32-33,35-36,47,49,55,57,63,65,71-75,77-88,90-93,95-101H,3-4,6,8-10,12,14-16,18,20-22,24,26-28,31,34,37-46,48,50-54,56,58-62,64,66-70H2,1-2H3,(H,89,94)/b7-5-,13-11-,19-17-,25-23-,30-29-,33-32-,36-35-,49-47+,57-55+,65-63+. The number of nitrogens with one attached hydrogen (secondary N) is 1. The molecule has 0 saturated carbocycles. The van der Waals surface area contributed by atoms with Crippen LogP contribution in [0.25, 0.3) is 0 Å². The van der Waals surface area contributed by atoms with Crippen LogP contribution in [0.4, 0.5) is 0 Å². The van der Waals surface area contributed by atoms with Crippen molar-refractivity contribution < 1.29 is 89.4 Å². The lowest BCUT2D eigenvalue weighted by molar-refractivity contribution is -0.379. The third-order valence-electron chi connectivity index (χ3n) is 20.2. The van der Waals surface area contributed by atoms with Gasteiger partial charge in [-0.2, -0.15) is 0 Å². The molecule has 3 fully saturated rings. The van der Waals surface area contributed by atoms with E-state index in [-0.39, 0.29) is 18.9 Å². The first-order valence-electron chi connectivity index (χ1n) is 42.3. The highest BCUT2D eigenvalue weighted by Crippen LogP contribution is 2.33. The van der Waals surface area contributed by atoms with Crippen molar-refractivity contribution in [3.05, 3.63) is 122 Å². The Morgan fingerprint density at radius 2 is 0.654 bits per heavy atom. The van der Waals surface area contributed by atoms with Crippen LogP contribution in [0, 0.1) is 0 Å². The second-order valence-corrected chi connectivity index (χ2v) is 29.5. The molecular formula is C88H151NO18. The molecule has 0 aromatic heterocycles. The fourth-order valence-corrected chi connectivity index (χ4v) is 13.5. The predicted octanol–water partition coefficient (Wildman–Crippen LogP) is 15.1. The van der Waals surface area contributed by atoms with Crippen molar-refractivity contribution in [2.75, 3.05) is 26.4 Å². The summed E-state index contributed by atoms with van der Waals surface area (Å²) in [6, 6.07) is -1.01. The molecule has 19 heteroatoms. The number of carbonyl (C=O) groups is 1. The smallest absolute Gasteiger partial charge is 0.220 e. The second kappa shape index (κ2) is 66.8. The van der Waals surface area contributed by atoms with E-state index < -0.39 is 124 Å². The minimum atomic E-state index is -1.99. The molecular weight excluding hydrogens is 1360 g/mol. The summed E-state index contributed by atoms with van der Waals surface area (Å²) in [6.07, 6.45) is 67.6. The van der Waals surface area contributed by atoms with E-state index >= 15 is 0 Å². The summed E-state index contributed by atoms with van der Waals surface area (Å²) in [5.74, 6) is -0.291. The Labute approximate surface area is 646 Å². The quantitative estimate of drug-likeness (QED) is 0.0199. The lowest BCUT2D eigenvalue weighted by Crippen LogP contribution is -2.66. The number of aliphatic hydroxyl groups is 11. The van der Waals surface area contributed by atoms with Crippen molar-refractivity contribution in [3.8, 4) is 0 Å². The first kappa shape index (κ1) is 97.4. The number of ether oxygens (including phenoxy) is 6. The van der Waals surface area contributed by atoms with E-state index in [2.05, 4.69) is 129 Å². The van der Waals surface area contributed by atoms with Crippen LogP contribution in [0.15, 0.2) is 122 Å². The largest absolute Gasteiger partial charge is 0.394 e. The molecule has 3 aliphatic heterocycles. The van der Waals surface area contributed by atoms with E-state index in [1.165, 1.54) is 161 Å². The van der Waals surface area contributed by atoms with Crippen molar-refractivity contribution in [2.24, 2.45) is 0 Å². The zero-order valence-corrected chi connectivity index (χ0v) is 66.1. The van der Waals surface area contributed by atoms with E-state index in [9.17, 15) is 61.0 Å². The topological polar surface area (TPSA) is 307 Å². The summed E-state index contributed by atoms with van der Waals surface area (Å²) >= 11 is 0. The molecule has 1 amide bonds. The zero-order valence-electron chi connectivity index (χ0n) is 66.1. The van der Waals surface area contributed by atoms with Crippen LogP contribution in [0.3, 0.4) is 0 Å². The van der Waals surface area contributed by atoms with Gasteiger partial charge < -0.3 is 89.9 Å². The Hall–Kier alpha value is -3.81. The number of aliphatic hydroxyl groups excluding tert-OH is 11. The van der Waals surface area contributed by atoms with Gasteiger partial charge in [-0.25, -0.2) is 0 Å². The maximum atomic E-state index is 13.5. The van der Waals surface area contributed by atoms with Crippen LogP contribution >= 0.6 is 0 Å². The highest BCUT2D eigenvalue weighted by molar-refractivity contribution is 5.76.